The molecular weight excluding hydrogens is 440 g/mol. The van der Waals surface area contributed by atoms with E-state index in [4.69, 9.17) is 4.42 Å². The summed E-state index contributed by atoms with van der Waals surface area (Å²) >= 11 is 1.34. The van der Waals surface area contributed by atoms with E-state index in [0.717, 1.165) is 6.42 Å². The van der Waals surface area contributed by atoms with Gasteiger partial charge in [0.15, 0.2) is 5.76 Å². The van der Waals surface area contributed by atoms with Crippen molar-refractivity contribution in [1.29, 1.82) is 0 Å². The summed E-state index contributed by atoms with van der Waals surface area (Å²) in [6.07, 6.45) is 2.81. The van der Waals surface area contributed by atoms with E-state index in [1.54, 1.807) is 41.3 Å². The molecule has 3 aromatic heterocycles. The van der Waals surface area contributed by atoms with Crippen molar-refractivity contribution in [3.05, 3.63) is 76.7 Å². The molecule has 0 bridgehead atoms. The lowest BCUT2D eigenvalue weighted by Crippen LogP contribution is -2.51. The maximum absolute atomic E-state index is 13.0. The van der Waals surface area contributed by atoms with Crippen molar-refractivity contribution in [3.8, 4) is 11.5 Å². The molecule has 8 nitrogen and oxygen atoms in total. The lowest BCUT2D eigenvalue weighted by Gasteiger charge is -2.23. The Morgan fingerprint density at radius 2 is 1.94 bits per heavy atom. The van der Waals surface area contributed by atoms with Gasteiger partial charge in [0.05, 0.1) is 22.2 Å². The molecule has 2 N–H and O–H groups in total. The number of furan rings is 1. The first kappa shape index (κ1) is 20.9. The maximum Gasteiger partial charge on any atom is 0.270 e. The minimum absolute atomic E-state index is 0.169. The van der Waals surface area contributed by atoms with Crippen molar-refractivity contribution in [3.63, 3.8) is 0 Å². The van der Waals surface area contributed by atoms with Crippen LogP contribution in [0.5, 0.6) is 0 Å². The number of carbonyl (C=O) groups excluding carboxylic acids is 3. The van der Waals surface area contributed by atoms with Gasteiger partial charge in [0.1, 0.15) is 11.7 Å². The van der Waals surface area contributed by atoms with Gasteiger partial charge in [0.2, 0.25) is 0 Å². The molecule has 1 aliphatic heterocycles. The van der Waals surface area contributed by atoms with Crippen molar-refractivity contribution in [1.82, 2.24) is 20.7 Å². The number of hydrazine groups is 1. The summed E-state index contributed by atoms with van der Waals surface area (Å²) in [6, 6.07) is 15.3. The van der Waals surface area contributed by atoms with Gasteiger partial charge in [-0.2, -0.15) is 0 Å². The Hall–Kier alpha value is -3.98. The molecule has 3 amide bonds. The summed E-state index contributed by atoms with van der Waals surface area (Å²) in [5.41, 5.74) is 6.50. The highest BCUT2D eigenvalue weighted by Crippen LogP contribution is 2.25. The third-order valence-electron chi connectivity index (χ3n) is 5.58. The van der Waals surface area contributed by atoms with Crippen molar-refractivity contribution in [2.75, 3.05) is 6.54 Å². The Balaban J connectivity index is 1.34. The number of nitrogens with zero attached hydrogens (tertiary/aromatic N) is 2. The number of fused-ring (bicyclic) bond motifs is 1. The Labute approximate surface area is 193 Å². The van der Waals surface area contributed by atoms with Crippen molar-refractivity contribution >= 4 is 40.0 Å². The van der Waals surface area contributed by atoms with E-state index in [9.17, 15) is 14.4 Å². The monoisotopic (exact) mass is 460 g/mol. The zero-order chi connectivity index (χ0) is 22.8. The number of thiophene rings is 1. The van der Waals surface area contributed by atoms with Crippen molar-refractivity contribution < 1.29 is 18.8 Å². The molecule has 0 saturated carbocycles. The molecule has 1 fully saturated rings. The van der Waals surface area contributed by atoms with Gasteiger partial charge in [-0.1, -0.05) is 24.3 Å². The van der Waals surface area contributed by atoms with Gasteiger partial charge in [-0.25, -0.2) is 4.98 Å². The summed E-state index contributed by atoms with van der Waals surface area (Å²) in [6.45, 7) is 0.504. The van der Waals surface area contributed by atoms with Crippen molar-refractivity contribution in [2.24, 2.45) is 0 Å². The van der Waals surface area contributed by atoms with Crippen LogP contribution in [-0.2, 0) is 4.79 Å². The molecule has 1 atom stereocenters. The minimum atomic E-state index is -0.632. The second-order valence-corrected chi connectivity index (χ2v) is 8.57. The molecule has 0 spiro atoms. The molecular formula is C24H20N4O4S. The summed E-state index contributed by atoms with van der Waals surface area (Å²) in [7, 11) is 0. The number of hydrogen-bond acceptors (Lipinski definition) is 6. The zero-order valence-corrected chi connectivity index (χ0v) is 18.3. The van der Waals surface area contributed by atoms with Crippen LogP contribution in [-0.4, -0.2) is 40.2 Å². The highest BCUT2D eigenvalue weighted by molar-refractivity contribution is 7.12. The first-order valence-electron chi connectivity index (χ1n) is 10.5. The van der Waals surface area contributed by atoms with Crippen LogP contribution in [0.4, 0.5) is 0 Å². The fourth-order valence-electron chi connectivity index (χ4n) is 4.01. The molecule has 0 aliphatic carbocycles. The highest BCUT2D eigenvalue weighted by Gasteiger charge is 2.35. The number of aromatic nitrogens is 1. The first-order valence-corrected chi connectivity index (χ1v) is 11.4. The molecule has 9 heteroatoms. The standard InChI is InChI=1S/C24H20N4O4S/c29-22(16-14-18(20-9-4-12-32-20)25-17-7-2-1-6-15(16)17)26-27-23(30)19-8-3-11-28(19)24(31)21-10-5-13-33-21/h1-2,4-7,9-10,12-14,19H,3,8,11H2,(H,26,29)(H,27,30)/t19-/m0/s1. The lowest BCUT2D eigenvalue weighted by atomic mass is 10.1. The molecule has 1 saturated heterocycles. The number of carbonyl (C=O) groups is 3. The molecule has 5 rings (SSSR count). The Morgan fingerprint density at radius 3 is 2.73 bits per heavy atom. The Morgan fingerprint density at radius 1 is 1.06 bits per heavy atom. The van der Waals surface area contributed by atoms with Crippen LogP contribution in [0.25, 0.3) is 22.4 Å². The molecule has 0 radical (unpaired) electrons. The average molecular weight is 461 g/mol. The van der Waals surface area contributed by atoms with Gasteiger partial charge in [-0.15, -0.1) is 11.3 Å². The van der Waals surface area contributed by atoms with E-state index >= 15 is 0 Å². The Kier molecular flexibility index (Phi) is 5.62. The second-order valence-electron chi connectivity index (χ2n) is 7.63. The summed E-state index contributed by atoms with van der Waals surface area (Å²) in [5.74, 6) is -0.538. The predicted molar refractivity (Wildman–Crippen MR) is 123 cm³/mol. The summed E-state index contributed by atoms with van der Waals surface area (Å²) in [4.78, 5) is 45.3. The molecule has 1 aliphatic rings. The number of para-hydroxylation sites is 1. The molecule has 0 unspecified atom stereocenters. The third-order valence-corrected chi connectivity index (χ3v) is 6.44. The van der Waals surface area contributed by atoms with Crippen LogP contribution in [0.3, 0.4) is 0 Å². The number of amides is 3. The van der Waals surface area contributed by atoms with Crippen molar-refractivity contribution in [2.45, 2.75) is 18.9 Å². The minimum Gasteiger partial charge on any atom is -0.463 e. The maximum atomic E-state index is 13.0. The number of likely N-dealkylation sites (tertiary alicyclic amines) is 1. The van der Waals surface area contributed by atoms with Gasteiger partial charge >= 0.3 is 0 Å². The van der Waals surface area contributed by atoms with Crippen LogP contribution in [0.2, 0.25) is 0 Å². The second kappa shape index (κ2) is 8.87. The zero-order valence-electron chi connectivity index (χ0n) is 17.5. The van der Waals surface area contributed by atoms with Gasteiger partial charge in [0, 0.05) is 11.9 Å². The number of pyridine rings is 1. The van der Waals surface area contributed by atoms with E-state index in [1.807, 2.05) is 23.6 Å². The third kappa shape index (κ3) is 4.10. The summed E-state index contributed by atoms with van der Waals surface area (Å²) in [5, 5.41) is 2.48. The molecule has 4 aromatic rings. The molecule has 4 heterocycles. The predicted octanol–water partition coefficient (Wildman–Crippen LogP) is 3.62. The van der Waals surface area contributed by atoms with Crippen LogP contribution < -0.4 is 10.9 Å². The molecule has 1 aromatic carbocycles. The van der Waals surface area contributed by atoms with E-state index in [-0.39, 0.29) is 5.91 Å². The average Bonchev–Trinajstić information content (AvgIpc) is 3.63. The number of benzene rings is 1. The van der Waals surface area contributed by atoms with Gasteiger partial charge in [-0.05, 0) is 48.6 Å². The molecule has 33 heavy (non-hydrogen) atoms. The van der Waals surface area contributed by atoms with Gasteiger partial charge in [-0.3, -0.25) is 25.2 Å². The van der Waals surface area contributed by atoms with Crippen LogP contribution in [0.1, 0.15) is 32.9 Å². The van der Waals surface area contributed by atoms with Crippen LogP contribution in [0, 0.1) is 0 Å². The van der Waals surface area contributed by atoms with Crippen LogP contribution in [0.15, 0.2) is 70.7 Å². The topological polar surface area (TPSA) is 105 Å². The normalized spacial score (nSPS) is 15.5. The van der Waals surface area contributed by atoms with Gasteiger partial charge < -0.3 is 9.32 Å². The number of rotatable bonds is 4. The first-order chi connectivity index (χ1) is 16.1. The lowest BCUT2D eigenvalue weighted by molar-refractivity contribution is -0.125. The number of hydrogen-bond donors (Lipinski definition) is 2. The van der Waals surface area contributed by atoms with E-state index < -0.39 is 17.9 Å². The van der Waals surface area contributed by atoms with Crippen LogP contribution >= 0.6 is 11.3 Å². The highest BCUT2D eigenvalue weighted by atomic mass is 32.1. The fourth-order valence-corrected chi connectivity index (χ4v) is 4.69. The van der Waals surface area contributed by atoms with E-state index in [0.29, 0.717) is 45.8 Å². The molecule has 166 valence electrons. The Bertz CT molecular complexity index is 1320. The van der Waals surface area contributed by atoms with Gasteiger partial charge in [0.25, 0.3) is 17.7 Å². The largest absolute Gasteiger partial charge is 0.463 e. The summed E-state index contributed by atoms with van der Waals surface area (Å²) < 4.78 is 5.43. The quantitative estimate of drug-likeness (QED) is 0.453. The van der Waals surface area contributed by atoms with E-state index in [2.05, 4.69) is 15.8 Å². The fraction of sp³-hybridized carbons (Fsp3) is 0.167. The smallest absolute Gasteiger partial charge is 0.270 e. The SMILES string of the molecule is O=C(NNC(=O)[C@@H]1CCCN1C(=O)c1cccs1)c1cc(-c2ccco2)nc2ccccc12. The number of nitrogens with one attached hydrogen (secondary N) is 2. The van der Waals surface area contributed by atoms with E-state index in [1.165, 1.54) is 17.6 Å².